The average Bonchev–Trinajstić information content (AvgIpc) is 2.38. The lowest BCUT2D eigenvalue weighted by Crippen LogP contribution is -2.30. The molecule has 1 atom stereocenters. The molecule has 4 nitrogen and oxygen atoms in total. The molecule has 0 radical (unpaired) electrons. The van der Waals surface area contributed by atoms with Crippen LogP contribution in [0, 0.1) is 11.8 Å². The summed E-state index contributed by atoms with van der Waals surface area (Å²) in [5, 5.41) is 0. The number of carbonyl (C=O) groups is 2. The van der Waals surface area contributed by atoms with Crippen molar-refractivity contribution in [3.8, 4) is 5.75 Å². The molecule has 1 rings (SSSR count). The summed E-state index contributed by atoms with van der Waals surface area (Å²) in [6.45, 7) is 3.62. The van der Waals surface area contributed by atoms with Crippen LogP contribution in [0.5, 0.6) is 5.75 Å². The Morgan fingerprint density at radius 1 is 1.21 bits per heavy atom. The summed E-state index contributed by atoms with van der Waals surface area (Å²) < 4.78 is 10.6. The highest BCUT2D eigenvalue weighted by atomic mass is 79.9. The molecule has 0 spiro atoms. The third-order valence-corrected chi connectivity index (χ3v) is 3.32. The molecule has 0 amide bonds. The van der Waals surface area contributed by atoms with Gasteiger partial charge in [-0.25, -0.2) is 0 Å². The summed E-state index contributed by atoms with van der Waals surface area (Å²) in [5.74, 6) is -1.35. The van der Waals surface area contributed by atoms with E-state index in [4.69, 9.17) is 9.47 Å². The largest absolute Gasteiger partial charge is 0.496 e. The normalized spacial score (nSPS) is 12.1. The van der Waals surface area contributed by atoms with Crippen molar-refractivity contribution in [3.63, 3.8) is 0 Å². The lowest BCUT2D eigenvalue weighted by Gasteiger charge is -2.18. The fraction of sp³-hybridized carbons (Fsp3) is 0.429. The number of methoxy groups -OCH3 is 2. The lowest BCUT2D eigenvalue weighted by atomic mass is 9.87. The summed E-state index contributed by atoms with van der Waals surface area (Å²) in [4.78, 5) is 24.3. The van der Waals surface area contributed by atoms with Crippen molar-refractivity contribution in [2.45, 2.75) is 13.8 Å². The van der Waals surface area contributed by atoms with Crippen LogP contribution in [0.2, 0.25) is 0 Å². The van der Waals surface area contributed by atoms with Crippen LogP contribution in [0.4, 0.5) is 0 Å². The predicted molar refractivity (Wildman–Crippen MR) is 75.4 cm³/mol. The number of hydrogen-bond donors (Lipinski definition) is 0. The predicted octanol–water partition coefficient (Wildman–Crippen LogP) is 3.09. The first-order valence-corrected chi connectivity index (χ1v) is 6.67. The second-order valence-corrected chi connectivity index (χ2v) is 5.37. The summed E-state index contributed by atoms with van der Waals surface area (Å²) in [6, 6.07) is 5.11. The number of benzene rings is 1. The van der Waals surface area contributed by atoms with E-state index in [2.05, 4.69) is 15.9 Å². The summed E-state index contributed by atoms with van der Waals surface area (Å²) in [7, 11) is 2.77. The van der Waals surface area contributed by atoms with Gasteiger partial charge in [0.15, 0.2) is 5.78 Å². The molecule has 0 aliphatic carbocycles. The number of ether oxygens (including phenoxy) is 2. The first-order chi connectivity index (χ1) is 8.92. The Bertz CT molecular complexity index is 482. The zero-order chi connectivity index (χ0) is 14.6. The highest BCUT2D eigenvalue weighted by Crippen LogP contribution is 2.28. The molecule has 0 aliphatic heterocycles. The van der Waals surface area contributed by atoms with Gasteiger partial charge in [-0.2, -0.15) is 0 Å². The molecule has 1 aromatic rings. The highest BCUT2D eigenvalue weighted by Gasteiger charge is 2.33. The third kappa shape index (κ3) is 3.56. The van der Waals surface area contributed by atoms with Gasteiger partial charge >= 0.3 is 5.97 Å². The van der Waals surface area contributed by atoms with E-state index in [0.717, 1.165) is 4.47 Å². The molecule has 0 aliphatic rings. The molecule has 19 heavy (non-hydrogen) atoms. The van der Waals surface area contributed by atoms with Crippen molar-refractivity contribution in [2.75, 3.05) is 14.2 Å². The molecule has 0 saturated carbocycles. The van der Waals surface area contributed by atoms with Crippen molar-refractivity contribution in [1.29, 1.82) is 0 Å². The summed E-state index contributed by atoms with van der Waals surface area (Å²) >= 11 is 3.31. The minimum atomic E-state index is -0.826. The van der Waals surface area contributed by atoms with E-state index >= 15 is 0 Å². The fourth-order valence-corrected chi connectivity index (χ4v) is 2.21. The zero-order valence-electron chi connectivity index (χ0n) is 11.4. The van der Waals surface area contributed by atoms with Crippen LogP contribution in [0.25, 0.3) is 0 Å². The summed E-state index contributed by atoms with van der Waals surface area (Å²) in [6.07, 6.45) is 0. The zero-order valence-corrected chi connectivity index (χ0v) is 13.0. The number of esters is 1. The molecular formula is C14H17BrO4. The first-order valence-electron chi connectivity index (χ1n) is 5.88. The molecule has 0 N–H and O–H groups in total. The van der Waals surface area contributed by atoms with Crippen molar-refractivity contribution in [1.82, 2.24) is 0 Å². The van der Waals surface area contributed by atoms with Crippen molar-refractivity contribution in [2.24, 2.45) is 11.8 Å². The van der Waals surface area contributed by atoms with E-state index in [9.17, 15) is 9.59 Å². The smallest absolute Gasteiger partial charge is 0.316 e. The summed E-state index contributed by atoms with van der Waals surface area (Å²) in [5.41, 5.74) is 0.376. The van der Waals surface area contributed by atoms with Gasteiger partial charge in [0.05, 0.1) is 19.8 Å². The molecule has 0 saturated heterocycles. The van der Waals surface area contributed by atoms with Crippen LogP contribution in [0.15, 0.2) is 22.7 Å². The topological polar surface area (TPSA) is 52.6 Å². The average molecular weight is 329 g/mol. The van der Waals surface area contributed by atoms with Gasteiger partial charge in [-0.15, -0.1) is 0 Å². The van der Waals surface area contributed by atoms with Crippen LogP contribution in [-0.4, -0.2) is 26.0 Å². The number of rotatable bonds is 5. The van der Waals surface area contributed by atoms with Gasteiger partial charge in [0, 0.05) is 4.47 Å². The Labute approximate surface area is 121 Å². The Balaban J connectivity index is 3.23. The van der Waals surface area contributed by atoms with Gasteiger partial charge in [0.25, 0.3) is 0 Å². The quantitative estimate of drug-likeness (QED) is 0.473. The van der Waals surface area contributed by atoms with E-state index in [1.165, 1.54) is 14.2 Å². The van der Waals surface area contributed by atoms with Gasteiger partial charge in [-0.05, 0) is 24.1 Å². The Hall–Kier alpha value is -1.36. The minimum Gasteiger partial charge on any atom is -0.496 e. The van der Waals surface area contributed by atoms with E-state index in [-0.39, 0.29) is 11.7 Å². The molecule has 104 valence electrons. The molecular weight excluding hydrogens is 312 g/mol. The number of Topliss-reactive ketones (excluding diaryl/α,β-unsaturated/α-hetero) is 1. The van der Waals surface area contributed by atoms with Gasteiger partial charge < -0.3 is 9.47 Å². The fourth-order valence-electron chi connectivity index (χ4n) is 1.85. The van der Waals surface area contributed by atoms with Gasteiger partial charge in [0.2, 0.25) is 0 Å². The maximum Gasteiger partial charge on any atom is 0.316 e. The maximum absolute atomic E-state index is 12.5. The number of carbonyl (C=O) groups excluding carboxylic acids is 2. The van der Waals surface area contributed by atoms with Crippen molar-refractivity contribution in [3.05, 3.63) is 28.2 Å². The van der Waals surface area contributed by atoms with Crippen LogP contribution in [0.3, 0.4) is 0 Å². The monoisotopic (exact) mass is 328 g/mol. The van der Waals surface area contributed by atoms with Crippen LogP contribution in [-0.2, 0) is 9.53 Å². The Morgan fingerprint density at radius 2 is 1.84 bits per heavy atom. The molecule has 1 unspecified atom stereocenters. The second-order valence-electron chi connectivity index (χ2n) is 4.45. The number of ketones is 1. The van der Waals surface area contributed by atoms with E-state index in [1.807, 2.05) is 13.8 Å². The Morgan fingerprint density at radius 3 is 2.32 bits per heavy atom. The molecule has 0 fully saturated rings. The van der Waals surface area contributed by atoms with Crippen LogP contribution in [0.1, 0.15) is 24.2 Å². The van der Waals surface area contributed by atoms with E-state index in [0.29, 0.717) is 11.3 Å². The molecule has 0 aromatic heterocycles. The lowest BCUT2D eigenvalue weighted by molar-refractivity contribution is -0.144. The van der Waals surface area contributed by atoms with Gasteiger partial charge in [-0.1, -0.05) is 29.8 Å². The van der Waals surface area contributed by atoms with Gasteiger partial charge in [-0.3, -0.25) is 9.59 Å². The SMILES string of the molecule is COC(=O)C(C(=O)c1cc(Br)ccc1OC)C(C)C. The molecule has 0 heterocycles. The van der Waals surface area contributed by atoms with E-state index < -0.39 is 11.9 Å². The van der Waals surface area contributed by atoms with Crippen LogP contribution >= 0.6 is 15.9 Å². The molecule has 0 bridgehead atoms. The van der Waals surface area contributed by atoms with Crippen molar-refractivity contribution < 1.29 is 19.1 Å². The minimum absolute atomic E-state index is 0.149. The van der Waals surface area contributed by atoms with Crippen LogP contribution < -0.4 is 4.74 Å². The highest BCUT2D eigenvalue weighted by molar-refractivity contribution is 9.10. The standard InChI is InChI=1S/C14H17BrO4/c1-8(2)12(14(17)19-4)13(16)10-7-9(15)5-6-11(10)18-3/h5-8,12H,1-4H3. The molecule has 1 aromatic carbocycles. The third-order valence-electron chi connectivity index (χ3n) is 2.83. The second kappa shape index (κ2) is 6.70. The number of halogens is 1. The van der Waals surface area contributed by atoms with E-state index in [1.54, 1.807) is 18.2 Å². The number of hydrogen-bond acceptors (Lipinski definition) is 4. The molecule has 5 heteroatoms. The Kier molecular flexibility index (Phi) is 5.54. The maximum atomic E-state index is 12.5. The van der Waals surface area contributed by atoms with Crippen molar-refractivity contribution >= 4 is 27.7 Å². The first kappa shape index (κ1) is 15.7. The van der Waals surface area contributed by atoms with Gasteiger partial charge in [0.1, 0.15) is 11.7 Å².